The van der Waals surface area contributed by atoms with Crippen LogP contribution >= 0.6 is 0 Å². The molecule has 192 valence electrons. The lowest BCUT2D eigenvalue weighted by atomic mass is 10.1. The normalized spacial score (nSPS) is 16.1. The number of fused-ring (bicyclic) bond motifs is 1. The summed E-state index contributed by atoms with van der Waals surface area (Å²) in [7, 11) is 0. The second-order valence-corrected chi connectivity index (χ2v) is 9.36. The van der Waals surface area contributed by atoms with Gasteiger partial charge in [-0.15, -0.1) is 5.10 Å². The zero-order valence-electron chi connectivity index (χ0n) is 20.9. The lowest BCUT2D eigenvalue weighted by molar-refractivity contribution is -0.142. The molecule has 2 atom stereocenters. The molecule has 1 aliphatic heterocycles. The van der Waals surface area contributed by atoms with Gasteiger partial charge in [0.2, 0.25) is 5.91 Å². The van der Waals surface area contributed by atoms with Crippen LogP contribution in [0.15, 0.2) is 71.3 Å². The Morgan fingerprint density at radius 1 is 1.16 bits per heavy atom. The first kappa shape index (κ1) is 24.7. The summed E-state index contributed by atoms with van der Waals surface area (Å²) in [4.78, 5) is 29.0. The molecule has 3 heterocycles. The van der Waals surface area contributed by atoms with E-state index in [1.54, 1.807) is 21.7 Å². The van der Waals surface area contributed by atoms with E-state index in [0.717, 1.165) is 29.5 Å². The van der Waals surface area contributed by atoms with E-state index < -0.39 is 6.04 Å². The average Bonchev–Trinajstić information content (AvgIpc) is 3.68. The average molecular weight is 502 g/mol. The van der Waals surface area contributed by atoms with Crippen LogP contribution in [0.5, 0.6) is 0 Å². The minimum absolute atomic E-state index is 0.0147. The number of amides is 2. The van der Waals surface area contributed by atoms with Gasteiger partial charge in [-0.05, 0) is 56.0 Å². The van der Waals surface area contributed by atoms with Crippen molar-refractivity contribution < 1.29 is 18.7 Å². The van der Waals surface area contributed by atoms with Crippen LogP contribution in [-0.4, -0.2) is 57.5 Å². The Hall–Kier alpha value is -3.98. The molecular formula is C28H31N5O4. The molecule has 1 aliphatic rings. The van der Waals surface area contributed by atoms with Gasteiger partial charge < -0.3 is 19.4 Å². The molecule has 0 spiro atoms. The summed E-state index contributed by atoms with van der Waals surface area (Å²) in [5.74, 6) is -0.144. The molecule has 4 aromatic rings. The Bertz CT molecular complexity index is 1340. The standard InChI is InChI=1S/C28H31N5O4/c1-20-7-4-8-21(17-20)13-14-32(26(34)19-33-24-11-3-2-10-23(24)30-31-33)27(25-12-6-16-37-25)28(35)29-18-22-9-5-15-36-22/h2-4,6-8,10-12,16-17,22,27H,5,9,13-15,18-19H2,1H3,(H,29,35). The van der Waals surface area contributed by atoms with Gasteiger partial charge in [0.1, 0.15) is 17.8 Å². The summed E-state index contributed by atoms with van der Waals surface area (Å²) in [6, 6.07) is 18.2. The highest BCUT2D eigenvalue weighted by molar-refractivity contribution is 5.88. The third-order valence-corrected chi connectivity index (χ3v) is 6.65. The molecule has 5 rings (SSSR count). The van der Waals surface area contributed by atoms with Crippen molar-refractivity contribution in [1.82, 2.24) is 25.2 Å². The third kappa shape index (κ3) is 5.89. The van der Waals surface area contributed by atoms with Crippen LogP contribution in [-0.2, 0) is 27.3 Å². The molecule has 9 heteroatoms. The zero-order chi connectivity index (χ0) is 25.6. The van der Waals surface area contributed by atoms with Crippen molar-refractivity contribution in [2.45, 2.75) is 44.9 Å². The third-order valence-electron chi connectivity index (χ3n) is 6.65. The van der Waals surface area contributed by atoms with Crippen molar-refractivity contribution in [3.8, 4) is 0 Å². The van der Waals surface area contributed by atoms with Crippen molar-refractivity contribution in [2.75, 3.05) is 19.7 Å². The monoisotopic (exact) mass is 501 g/mol. The van der Waals surface area contributed by atoms with Gasteiger partial charge >= 0.3 is 0 Å². The van der Waals surface area contributed by atoms with Crippen LogP contribution in [0.2, 0.25) is 0 Å². The van der Waals surface area contributed by atoms with Gasteiger partial charge in [-0.2, -0.15) is 0 Å². The fourth-order valence-electron chi connectivity index (χ4n) is 4.76. The van der Waals surface area contributed by atoms with E-state index in [-0.39, 0.29) is 24.5 Å². The lowest BCUT2D eigenvalue weighted by Gasteiger charge is -2.30. The van der Waals surface area contributed by atoms with Crippen LogP contribution in [0.4, 0.5) is 0 Å². The molecule has 0 saturated carbocycles. The Morgan fingerprint density at radius 2 is 2.05 bits per heavy atom. The molecule has 0 bridgehead atoms. The number of nitrogens with one attached hydrogen (secondary N) is 1. The van der Waals surface area contributed by atoms with E-state index in [0.29, 0.717) is 37.4 Å². The second kappa shape index (κ2) is 11.4. The summed E-state index contributed by atoms with van der Waals surface area (Å²) < 4.78 is 12.9. The first-order valence-corrected chi connectivity index (χ1v) is 12.6. The summed E-state index contributed by atoms with van der Waals surface area (Å²) >= 11 is 0. The second-order valence-electron chi connectivity index (χ2n) is 9.36. The number of hydrogen-bond donors (Lipinski definition) is 1. The van der Waals surface area contributed by atoms with Crippen molar-refractivity contribution >= 4 is 22.8 Å². The van der Waals surface area contributed by atoms with Crippen LogP contribution in [0, 0.1) is 6.92 Å². The SMILES string of the molecule is Cc1cccc(CCN(C(=O)Cn2nnc3ccccc32)C(C(=O)NCC2CCCO2)c2ccco2)c1. The first-order chi connectivity index (χ1) is 18.1. The maximum absolute atomic E-state index is 13.8. The number of carbonyl (C=O) groups is 2. The van der Waals surface area contributed by atoms with Gasteiger partial charge in [0, 0.05) is 19.7 Å². The van der Waals surface area contributed by atoms with E-state index in [2.05, 4.69) is 21.7 Å². The van der Waals surface area contributed by atoms with Gasteiger partial charge in [-0.1, -0.05) is 47.2 Å². The fourth-order valence-corrected chi connectivity index (χ4v) is 4.76. The molecule has 2 aromatic heterocycles. The molecule has 37 heavy (non-hydrogen) atoms. The highest BCUT2D eigenvalue weighted by atomic mass is 16.5. The zero-order valence-corrected chi connectivity index (χ0v) is 20.9. The van der Waals surface area contributed by atoms with Crippen LogP contribution in [0.25, 0.3) is 11.0 Å². The number of ether oxygens (including phenoxy) is 1. The van der Waals surface area contributed by atoms with Crippen LogP contribution in [0.1, 0.15) is 35.8 Å². The minimum Gasteiger partial charge on any atom is -0.467 e. The van der Waals surface area contributed by atoms with E-state index in [1.807, 2.05) is 49.4 Å². The summed E-state index contributed by atoms with van der Waals surface area (Å²) in [5, 5.41) is 11.3. The van der Waals surface area contributed by atoms with E-state index >= 15 is 0 Å². The maximum atomic E-state index is 13.8. The highest BCUT2D eigenvalue weighted by Gasteiger charge is 2.34. The Labute approximate surface area is 215 Å². The molecule has 0 radical (unpaired) electrons. The number of para-hydroxylation sites is 1. The fraction of sp³-hybridized carbons (Fsp3) is 0.357. The van der Waals surface area contributed by atoms with Crippen molar-refractivity contribution in [3.63, 3.8) is 0 Å². The number of benzene rings is 2. The summed E-state index contributed by atoms with van der Waals surface area (Å²) in [6.45, 7) is 3.41. The predicted molar refractivity (Wildman–Crippen MR) is 138 cm³/mol. The smallest absolute Gasteiger partial charge is 0.250 e. The molecule has 1 fully saturated rings. The van der Waals surface area contributed by atoms with E-state index in [1.165, 1.54) is 6.26 Å². The summed E-state index contributed by atoms with van der Waals surface area (Å²) in [6.07, 6.45) is 3.97. The van der Waals surface area contributed by atoms with Crippen LogP contribution < -0.4 is 5.32 Å². The first-order valence-electron chi connectivity index (χ1n) is 12.6. The molecule has 2 unspecified atom stereocenters. The summed E-state index contributed by atoms with van der Waals surface area (Å²) in [5.41, 5.74) is 3.69. The van der Waals surface area contributed by atoms with Gasteiger partial charge in [-0.25, -0.2) is 4.68 Å². The number of aromatic nitrogens is 3. The molecule has 9 nitrogen and oxygen atoms in total. The topological polar surface area (TPSA) is 102 Å². The molecule has 2 amide bonds. The van der Waals surface area contributed by atoms with E-state index in [4.69, 9.17) is 9.15 Å². The number of aryl methyl sites for hydroxylation is 1. The van der Waals surface area contributed by atoms with Gasteiger partial charge in [0.05, 0.1) is 17.9 Å². The lowest BCUT2D eigenvalue weighted by Crippen LogP contribution is -2.47. The van der Waals surface area contributed by atoms with E-state index in [9.17, 15) is 9.59 Å². The van der Waals surface area contributed by atoms with Crippen molar-refractivity contribution in [2.24, 2.45) is 0 Å². The molecule has 0 aliphatic carbocycles. The number of rotatable bonds is 10. The molecule has 2 aromatic carbocycles. The Morgan fingerprint density at radius 3 is 2.84 bits per heavy atom. The largest absolute Gasteiger partial charge is 0.467 e. The Balaban J connectivity index is 1.42. The van der Waals surface area contributed by atoms with Gasteiger partial charge in [0.25, 0.3) is 5.91 Å². The van der Waals surface area contributed by atoms with Crippen molar-refractivity contribution in [3.05, 3.63) is 83.8 Å². The number of hydrogen-bond acceptors (Lipinski definition) is 6. The van der Waals surface area contributed by atoms with Gasteiger partial charge in [0.15, 0.2) is 6.04 Å². The van der Waals surface area contributed by atoms with Crippen LogP contribution in [0.3, 0.4) is 0 Å². The maximum Gasteiger partial charge on any atom is 0.250 e. The number of furan rings is 1. The molecule has 1 saturated heterocycles. The quantitative estimate of drug-likeness (QED) is 0.357. The highest BCUT2D eigenvalue weighted by Crippen LogP contribution is 2.24. The van der Waals surface area contributed by atoms with Gasteiger partial charge in [-0.3, -0.25) is 9.59 Å². The predicted octanol–water partition coefficient (Wildman–Crippen LogP) is 3.44. The number of carbonyl (C=O) groups excluding carboxylic acids is 2. The minimum atomic E-state index is -0.927. The van der Waals surface area contributed by atoms with Crippen molar-refractivity contribution in [1.29, 1.82) is 0 Å². The Kier molecular flexibility index (Phi) is 7.60. The molecule has 1 N–H and O–H groups in total. The molecular weight excluding hydrogens is 470 g/mol. The number of nitrogens with zero attached hydrogens (tertiary/aromatic N) is 4.